The van der Waals surface area contributed by atoms with Crippen LogP contribution in [0.3, 0.4) is 0 Å². The standard InChI is InChI=1S/C14H18FNO3/c1-10-8-18-11(2)7-16(10)14(17)9-19-13-5-3-4-12(15)6-13/h3-6,10-11H,7-9H2,1-2H3. The number of ether oxygens (including phenoxy) is 2. The number of carbonyl (C=O) groups is 1. The second-order valence-corrected chi connectivity index (χ2v) is 4.79. The van der Waals surface area contributed by atoms with Gasteiger partial charge in [0.1, 0.15) is 11.6 Å². The number of benzene rings is 1. The van der Waals surface area contributed by atoms with Crippen LogP contribution in [0.1, 0.15) is 13.8 Å². The molecule has 1 heterocycles. The van der Waals surface area contributed by atoms with E-state index in [0.717, 1.165) is 0 Å². The summed E-state index contributed by atoms with van der Waals surface area (Å²) >= 11 is 0. The molecule has 1 aliphatic rings. The van der Waals surface area contributed by atoms with E-state index in [-0.39, 0.29) is 30.5 Å². The van der Waals surface area contributed by atoms with E-state index in [1.807, 2.05) is 13.8 Å². The molecule has 19 heavy (non-hydrogen) atoms. The van der Waals surface area contributed by atoms with Crippen molar-refractivity contribution in [2.75, 3.05) is 19.8 Å². The van der Waals surface area contributed by atoms with E-state index >= 15 is 0 Å². The highest BCUT2D eigenvalue weighted by molar-refractivity contribution is 5.78. The van der Waals surface area contributed by atoms with Gasteiger partial charge in [0.15, 0.2) is 6.61 Å². The van der Waals surface area contributed by atoms with Gasteiger partial charge in [0.25, 0.3) is 5.91 Å². The lowest BCUT2D eigenvalue weighted by Crippen LogP contribution is -2.51. The Balaban J connectivity index is 1.90. The lowest BCUT2D eigenvalue weighted by atomic mass is 10.2. The quantitative estimate of drug-likeness (QED) is 0.839. The molecule has 5 heteroatoms. The van der Waals surface area contributed by atoms with Crippen LogP contribution in [0.5, 0.6) is 5.75 Å². The summed E-state index contributed by atoms with van der Waals surface area (Å²) in [6.45, 7) is 4.88. The van der Waals surface area contributed by atoms with Crippen molar-refractivity contribution >= 4 is 5.91 Å². The first-order valence-electron chi connectivity index (χ1n) is 6.35. The first-order valence-corrected chi connectivity index (χ1v) is 6.35. The van der Waals surface area contributed by atoms with Gasteiger partial charge in [-0.1, -0.05) is 6.07 Å². The number of amides is 1. The summed E-state index contributed by atoms with van der Waals surface area (Å²) in [5.74, 6) is -0.118. The minimum absolute atomic E-state index is 0.0364. The lowest BCUT2D eigenvalue weighted by Gasteiger charge is -2.36. The molecular formula is C14H18FNO3. The molecule has 0 aromatic heterocycles. The van der Waals surface area contributed by atoms with Gasteiger partial charge in [-0.05, 0) is 26.0 Å². The average molecular weight is 267 g/mol. The van der Waals surface area contributed by atoms with Crippen molar-refractivity contribution in [2.45, 2.75) is 26.0 Å². The van der Waals surface area contributed by atoms with Gasteiger partial charge in [-0.15, -0.1) is 0 Å². The molecule has 2 unspecified atom stereocenters. The van der Waals surface area contributed by atoms with Gasteiger partial charge in [0.05, 0.1) is 18.8 Å². The summed E-state index contributed by atoms with van der Waals surface area (Å²) < 4.78 is 23.7. The van der Waals surface area contributed by atoms with Crippen LogP contribution in [0.4, 0.5) is 4.39 Å². The van der Waals surface area contributed by atoms with Crippen LogP contribution in [-0.2, 0) is 9.53 Å². The highest BCUT2D eigenvalue weighted by atomic mass is 19.1. The number of carbonyl (C=O) groups excluding carboxylic acids is 1. The zero-order valence-electron chi connectivity index (χ0n) is 11.1. The van der Waals surface area contributed by atoms with E-state index < -0.39 is 0 Å². The van der Waals surface area contributed by atoms with E-state index in [2.05, 4.69) is 0 Å². The number of hydrogen-bond donors (Lipinski definition) is 0. The summed E-state index contributed by atoms with van der Waals surface area (Å²) in [4.78, 5) is 13.8. The number of hydrogen-bond acceptors (Lipinski definition) is 3. The van der Waals surface area contributed by atoms with Crippen molar-refractivity contribution in [3.8, 4) is 5.75 Å². The van der Waals surface area contributed by atoms with E-state index in [1.54, 1.807) is 17.0 Å². The fourth-order valence-electron chi connectivity index (χ4n) is 2.04. The largest absolute Gasteiger partial charge is 0.484 e. The predicted molar refractivity (Wildman–Crippen MR) is 68.5 cm³/mol. The maximum Gasteiger partial charge on any atom is 0.260 e. The van der Waals surface area contributed by atoms with Crippen molar-refractivity contribution in [2.24, 2.45) is 0 Å². The molecule has 1 fully saturated rings. The molecule has 104 valence electrons. The number of rotatable bonds is 3. The molecular weight excluding hydrogens is 249 g/mol. The molecule has 0 N–H and O–H groups in total. The Morgan fingerprint density at radius 1 is 1.53 bits per heavy atom. The summed E-state index contributed by atoms with van der Waals surface area (Å²) in [6, 6.07) is 5.81. The Morgan fingerprint density at radius 3 is 3.05 bits per heavy atom. The van der Waals surface area contributed by atoms with Crippen LogP contribution in [0.2, 0.25) is 0 Å². The molecule has 1 aromatic carbocycles. The summed E-state index contributed by atoms with van der Waals surface area (Å²) in [7, 11) is 0. The maximum atomic E-state index is 13.0. The van der Waals surface area contributed by atoms with Crippen molar-refractivity contribution in [1.82, 2.24) is 4.90 Å². The number of morpholine rings is 1. The minimum atomic E-state index is -0.377. The van der Waals surface area contributed by atoms with Crippen molar-refractivity contribution < 1.29 is 18.7 Å². The minimum Gasteiger partial charge on any atom is -0.484 e. The molecule has 1 aromatic rings. The average Bonchev–Trinajstić information content (AvgIpc) is 2.39. The van der Waals surface area contributed by atoms with Gasteiger partial charge in [0.2, 0.25) is 0 Å². The van der Waals surface area contributed by atoms with Crippen molar-refractivity contribution in [1.29, 1.82) is 0 Å². The van der Waals surface area contributed by atoms with Gasteiger partial charge in [-0.25, -0.2) is 4.39 Å². The van der Waals surface area contributed by atoms with E-state index in [4.69, 9.17) is 9.47 Å². The molecule has 2 atom stereocenters. The molecule has 0 aliphatic carbocycles. The van der Waals surface area contributed by atoms with Gasteiger partial charge in [-0.2, -0.15) is 0 Å². The highest BCUT2D eigenvalue weighted by Crippen LogP contribution is 2.14. The molecule has 4 nitrogen and oxygen atoms in total. The monoisotopic (exact) mass is 267 g/mol. The molecule has 0 radical (unpaired) electrons. The fraction of sp³-hybridized carbons (Fsp3) is 0.500. The van der Waals surface area contributed by atoms with E-state index in [1.165, 1.54) is 12.1 Å². The first kappa shape index (κ1) is 13.8. The second-order valence-electron chi connectivity index (χ2n) is 4.79. The molecule has 1 amide bonds. The third-order valence-electron chi connectivity index (χ3n) is 3.09. The Labute approximate surface area is 112 Å². The van der Waals surface area contributed by atoms with Crippen molar-refractivity contribution in [3.05, 3.63) is 30.1 Å². The van der Waals surface area contributed by atoms with Crippen LogP contribution < -0.4 is 4.74 Å². The van der Waals surface area contributed by atoms with Gasteiger partial charge < -0.3 is 14.4 Å². The first-order chi connectivity index (χ1) is 9.06. The smallest absolute Gasteiger partial charge is 0.260 e. The van der Waals surface area contributed by atoms with Crippen LogP contribution in [0.25, 0.3) is 0 Å². The third-order valence-corrected chi connectivity index (χ3v) is 3.09. The molecule has 1 aliphatic heterocycles. The Bertz CT molecular complexity index is 452. The molecule has 1 saturated heterocycles. The van der Waals surface area contributed by atoms with Gasteiger partial charge >= 0.3 is 0 Å². The van der Waals surface area contributed by atoms with Crippen LogP contribution in [-0.4, -0.2) is 42.7 Å². The lowest BCUT2D eigenvalue weighted by molar-refractivity contribution is -0.145. The normalized spacial score (nSPS) is 23.2. The SMILES string of the molecule is CC1CN(C(=O)COc2cccc(F)c2)C(C)CO1. The zero-order valence-corrected chi connectivity index (χ0v) is 11.1. The third kappa shape index (κ3) is 3.67. The number of halogens is 1. The van der Waals surface area contributed by atoms with Crippen LogP contribution in [0.15, 0.2) is 24.3 Å². The highest BCUT2D eigenvalue weighted by Gasteiger charge is 2.27. The van der Waals surface area contributed by atoms with E-state index in [9.17, 15) is 9.18 Å². The van der Waals surface area contributed by atoms with Gasteiger partial charge in [-0.3, -0.25) is 4.79 Å². The second kappa shape index (κ2) is 6.02. The summed E-state index contributed by atoms with van der Waals surface area (Å²) in [5.41, 5.74) is 0. The zero-order chi connectivity index (χ0) is 13.8. The topological polar surface area (TPSA) is 38.8 Å². The number of nitrogens with zero attached hydrogens (tertiary/aromatic N) is 1. The van der Waals surface area contributed by atoms with Crippen molar-refractivity contribution in [3.63, 3.8) is 0 Å². The fourth-order valence-corrected chi connectivity index (χ4v) is 2.04. The van der Waals surface area contributed by atoms with E-state index in [0.29, 0.717) is 18.9 Å². The predicted octanol–water partition coefficient (Wildman–Crippen LogP) is 1.84. The van der Waals surface area contributed by atoms with Crippen LogP contribution in [0, 0.1) is 5.82 Å². The molecule has 2 rings (SSSR count). The maximum absolute atomic E-state index is 13.0. The summed E-state index contributed by atoms with van der Waals surface area (Å²) in [6.07, 6.45) is 0.0364. The molecule has 0 bridgehead atoms. The Hall–Kier alpha value is -1.62. The summed E-state index contributed by atoms with van der Waals surface area (Å²) in [5, 5.41) is 0. The molecule has 0 saturated carbocycles. The molecule has 0 spiro atoms. The van der Waals surface area contributed by atoms with Gasteiger partial charge in [0, 0.05) is 12.6 Å². The Morgan fingerprint density at radius 2 is 2.32 bits per heavy atom. The van der Waals surface area contributed by atoms with Crippen LogP contribution >= 0.6 is 0 Å². The Kier molecular flexibility index (Phi) is 4.37.